The van der Waals surface area contributed by atoms with Crippen LogP contribution in [-0.4, -0.2) is 25.3 Å². The molecule has 0 heterocycles. The summed E-state index contributed by atoms with van der Waals surface area (Å²) in [5.41, 5.74) is 7.04. The lowest BCUT2D eigenvalue weighted by Gasteiger charge is -2.21. The van der Waals surface area contributed by atoms with E-state index < -0.39 is 10.0 Å². The fourth-order valence-electron chi connectivity index (χ4n) is 2.11. The molecule has 1 aromatic rings. The summed E-state index contributed by atoms with van der Waals surface area (Å²) in [6.45, 7) is 2.63. The van der Waals surface area contributed by atoms with Crippen LogP contribution in [0.1, 0.15) is 31.7 Å². The van der Waals surface area contributed by atoms with E-state index in [0.717, 1.165) is 24.8 Å². The molecule has 2 N–H and O–H groups in total. The molecule has 0 spiro atoms. The van der Waals surface area contributed by atoms with Crippen LogP contribution in [-0.2, 0) is 15.8 Å². The number of hydrogen-bond acceptors (Lipinski definition) is 3. The van der Waals surface area contributed by atoms with E-state index in [9.17, 15) is 8.42 Å². The van der Waals surface area contributed by atoms with Gasteiger partial charge in [0, 0.05) is 18.3 Å². The number of nitrogen functional groups attached to an aromatic ring is 1. The number of sulfonamides is 1. The Morgan fingerprint density at radius 3 is 2.67 bits per heavy atom. The van der Waals surface area contributed by atoms with E-state index in [4.69, 9.17) is 5.73 Å². The van der Waals surface area contributed by atoms with Crippen LogP contribution in [0.4, 0.5) is 5.69 Å². The van der Waals surface area contributed by atoms with Gasteiger partial charge in [-0.1, -0.05) is 19.1 Å². The molecule has 100 valence electrons. The summed E-state index contributed by atoms with van der Waals surface area (Å²) in [5.74, 6) is 0.0501. The molecule has 1 aliphatic carbocycles. The van der Waals surface area contributed by atoms with Crippen molar-refractivity contribution in [1.29, 1.82) is 0 Å². The maximum atomic E-state index is 12.4. The van der Waals surface area contributed by atoms with E-state index in [1.165, 1.54) is 0 Å². The number of nitrogens with zero attached hydrogens (tertiary/aromatic N) is 1. The van der Waals surface area contributed by atoms with Crippen molar-refractivity contribution in [3.05, 3.63) is 29.8 Å². The second-order valence-corrected chi connectivity index (χ2v) is 6.76. The van der Waals surface area contributed by atoms with Gasteiger partial charge in [0.1, 0.15) is 0 Å². The maximum absolute atomic E-state index is 12.4. The van der Waals surface area contributed by atoms with Crippen molar-refractivity contribution in [3.63, 3.8) is 0 Å². The first kappa shape index (κ1) is 13.4. The molecule has 0 bridgehead atoms. The Labute approximate surface area is 109 Å². The average Bonchev–Trinajstić information content (AvgIpc) is 3.08. The van der Waals surface area contributed by atoms with Gasteiger partial charge < -0.3 is 5.73 Å². The zero-order valence-electron chi connectivity index (χ0n) is 10.7. The molecule has 1 aromatic carbocycles. The Morgan fingerprint density at radius 1 is 1.39 bits per heavy atom. The SMILES string of the molecule is CCCN(C1CC1)S(=O)(=O)Cc1cccc(N)c1. The fraction of sp³-hybridized carbons (Fsp3) is 0.538. The van der Waals surface area contributed by atoms with Gasteiger partial charge in [-0.3, -0.25) is 0 Å². The van der Waals surface area contributed by atoms with Gasteiger partial charge in [-0.25, -0.2) is 8.42 Å². The quantitative estimate of drug-likeness (QED) is 0.802. The lowest BCUT2D eigenvalue weighted by molar-refractivity contribution is 0.402. The number of anilines is 1. The minimum Gasteiger partial charge on any atom is -0.399 e. The highest BCUT2D eigenvalue weighted by molar-refractivity contribution is 7.88. The summed E-state index contributed by atoms with van der Waals surface area (Å²) in [4.78, 5) is 0. The highest BCUT2D eigenvalue weighted by Crippen LogP contribution is 2.30. The fourth-order valence-corrected chi connectivity index (χ4v) is 4.00. The van der Waals surface area contributed by atoms with Crippen molar-refractivity contribution >= 4 is 15.7 Å². The Hall–Kier alpha value is -1.07. The van der Waals surface area contributed by atoms with Crippen LogP contribution >= 0.6 is 0 Å². The van der Waals surface area contributed by atoms with Gasteiger partial charge in [0.15, 0.2) is 0 Å². The molecular weight excluding hydrogens is 248 g/mol. The first-order chi connectivity index (χ1) is 8.53. The molecule has 5 heteroatoms. The molecule has 0 aliphatic heterocycles. The molecule has 0 radical (unpaired) electrons. The molecule has 0 atom stereocenters. The Balaban J connectivity index is 2.14. The predicted octanol–water partition coefficient (Wildman–Crippen LogP) is 1.97. The molecule has 4 nitrogen and oxygen atoms in total. The van der Waals surface area contributed by atoms with Crippen LogP contribution in [0.2, 0.25) is 0 Å². The second kappa shape index (κ2) is 5.28. The van der Waals surface area contributed by atoms with Crippen LogP contribution in [0.15, 0.2) is 24.3 Å². The topological polar surface area (TPSA) is 63.4 Å². The van der Waals surface area contributed by atoms with Crippen LogP contribution in [0, 0.1) is 0 Å². The van der Waals surface area contributed by atoms with Gasteiger partial charge in [0.25, 0.3) is 0 Å². The van der Waals surface area contributed by atoms with Gasteiger partial charge in [-0.05, 0) is 37.0 Å². The summed E-state index contributed by atoms with van der Waals surface area (Å²) in [7, 11) is -3.21. The number of benzene rings is 1. The highest BCUT2D eigenvalue weighted by atomic mass is 32.2. The first-order valence-electron chi connectivity index (χ1n) is 6.37. The van der Waals surface area contributed by atoms with Gasteiger partial charge >= 0.3 is 0 Å². The number of hydrogen-bond donors (Lipinski definition) is 1. The molecule has 1 saturated carbocycles. The molecular formula is C13H20N2O2S. The van der Waals surface area contributed by atoms with Gasteiger partial charge in [0.05, 0.1) is 5.75 Å². The number of nitrogens with two attached hydrogens (primary N) is 1. The molecule has 18 heavy (non-hydrogen) atoms. The van der Waals surface area contributed by atoms with E-state index >= 15 is 0 Å². The van der Waals surface area contributed by atoms with Crippen molar-refractivity contribution in [2.45, 2.75) is 38.0 Å². The third-order valence-electron chi connectivity index (χ3n) is 3.06. The van der Waals surface area contributed by atoms with Crippen molar-refractivity contribution in [1.82, 2.24) is 4.31 Å². The molecule has 0 aromatic heterocycles. The van der Waals surface area contributed by atoms with E-state index in [-0.39, 0.29) is 11.8 Å². The minimum absolute atomic E-state index is 0.0501. The Kier molecular flexibility index (Phi) is 3.92. The van der Waals surface area contributed by atoms with Crippen molar-refractivity contribution in [2.75, 3.05) is 12.3 Å². The van der Waals surface area contributed by atoms with Crippen molar-refractivity contribution in [3.8, 4) is 0 Å². The van der Waals surface area contributed by atoms with E-state index in [2.05, 4.69) is 0 Å². The van der Waals surface area contributed by atoms with Crippen LogP contribution in [0.5, 0.6) is 0 Å². The third-order valence-corrected chi connectivity index (χ3v) is 4.95. The molecule has 0 unspecified atom stereocenters. The Bertz CT molecular complexity index is 509. The monoisotopic (exact) mass is 268 g/mol. The molecule has 1 fully saturated rings. The van der Waals surface area contributed by atoms with E-state index in [0.29, 0.717) is 12.2 Å². The lowest BCUT2D eigenvalue weighted by Crippen LogP contribution is -2.34. The first-order valence-corrected chi connectivity index (χ1v) is 7.98. The number of rotatable bonds is 6. The van der Waals surface area contributed by atoms with Crippen LogP contribution in [0.3, 0.4) is 0 Å². The van der Waals surface area contributed by atoms with Crippen LogP contribution in [0.25, 0.3) is 0 Å². The summed E-state index contributed by atoms with van der Waals surface area (Å²) < 4.78 is 26.4. The molecule has 0 saturated heterocycles. The average molecular weight is 268 g/mol. The minimum atomic E-state index is -3.21. The molecule has 0 amide bonds. The normalized spacial score (nSPS) is 16.1. The standard InChI is InChI=1S/C13H20N2O2S/c1-2-8-15(13-6-7-13)18(16,17)10-11-4-3-5-12(14)9-11/h3-5,9,13H,2,6-8,10,14H2,1H3. The van der Waals surface area contributed by atoms with Gasteiger partial charge in [0.2, 0.25) is 10.0 Å². The zero-order chi connectivity index (χ0) is 13.2. The third kappa shape index (κ3) is 3.23. The largest absolute Gasteiger partial charge is 0.399 e. The summed E-state index contributed by atoms with van der Waals surface area (Å²) in [6.07, 6.45) is 2.85. The van der Waals surface area contributed by atoms with E-state index in [1.54, 1.807) is 22.5 Å². The smallest absolute Gasteiger partial charge is 0.218 e. The molecule has 2 rings (SSSR count). The predicted molar refractivity (Wildman–Crippen MR) is 73.5 cm³/mol. The van der Waals surface area contributed by atoms with Gasteiger partial charge in [-0.15, -0.1) is 0 Å². The van der Waals surface area contributed by atoms with Crippen molar-refractivity contribution < 1.29 is 8.42 Å². The lowest BCUT2D eigenvalue weighted by atomic mass is 10.2. The Morgan fingerprint density at radius 2 is 2.11 bits per heavy atom. The molecule has 1 aliphatic rings. The summed E-state index contributed by atoms with van der Waals surface area (Å²) >= 11 is 0. The van der Waals surface area contributed by atoms with Gasteiger partial charge in [-0.2, -0.15) is 4.31 Å². The zero-order valence-corrected chi connectivity index (χ0v) is 11.5. The second-order valence-electron chi connectivity index (χ2n) is 4.84. The van der Waals surface area contributed by atoms with Crippen molar-refractivity contribution in [2.24, 2.45) is 0 Å². The van der Waals surface area contributed by atoms with E-state index in [1.807, 2.05) is 13.0 Å². The summed E-state index contributed by atoms with van der Waals surface area (Å²) in [5, 5.41) is 0. The maximum Gasteiger partial charge on any atom is 0.218 e. The van der Waals surface area contributed by atoms with Crippen LogP contribution < -0.4 is 5.73 Å². The highest BCUT2D eigenvalue weighted by Gasteiger charge is 2.36. The summed E-state index contributed by atoms with van der Waals surface area (Å²) in [6, 6.07) is 7.33.